The maximum Gasteiger partial charge on any atom is 0.227 e. The smallest absolute Gasteiger partial charge is 0.227 e. The van der Waals surface area contributed by atoms with Gasteiger partial charge in [-0.1, -0.05) is 0 Å². The normalized spacial score (nSPS) is 12.1. The van der Waals surface area contributed by atoms with Crippen molar-refractivity contribution < 1.29 is 9.47 Å². The largest absolute Gasteiger partial charge is 0.493 e. The summed E-state index contributed by atoms with van der Waals surface area (Å²) in [4.78, 5) is 13.6. The summed E-state index contributed by atoms with van der Waals surface area (Å²) in [7, 11) is 3.22. The van der Waals surface area contributed by atoms with E-state index in [1.807, 2.05) is 36.5 Å². The minimum Gasteiger partial charge on any atom is -0.493 e. The molecule has 3 aromatic rings. The Hall–Kier alpha value is -2.80. The van der Waals surface area contributed by atoms with Crippen LogP contribution in [0.2, 0.25) is 0 Å². The van der Waals surface area contributed by atoms with Crippen molar-refractivity contribution in [2.75, 3.05) is 19.5 Å². The summed E-state index contributed by atoms with van der Waals surface area (Å²) in [5.74, 6) is 2.69. The molecule has 0 atom stereocenters. The molecule has 0 spiro atoms. The number of hydrogen-bond donors (Lipinski definition) is 1. The van der Waals surface area contributed by atoms with E-state index in [1.165, 1.54) is 0 Å². The second kappa shape index (κ2) is 6.60. The average Bonchev–Trinajstić information content (AvgIpc) is 2.67. The number of aromatic nitrogens is 3. The van der Waals surface area contributed by atoms with Gasteiger partial charge in [0.05, 0.1) is 19.9 Å². The third-order valence-electron chi connectivity index (χ3n) is 3.89. The van der Waals surface area contributed by atoms with Gasteiger partial charge in [-0.05, 0) is 24.3 Å². The fourth-order valence-electron chi connectivity index (χ4n) is 2.68. The highest BCUT2D eigenvalue weighted by molar-refractivity contribution is 7.98. The van der Waals surface area contributed by atoms with Crippen LogP contribution in [0, 0.1) is 0 Å². The molecule has 4 rings (SSSR count). The quantitative estimate of drug-likeness (QED) is 0.763. The number of anilines is 2. The average molecular weight is 352 g/mol. The highest BCUT2D eigenvalue weighted by Gasteiger charge is 2.19. The zero-order valence-electron chi connectivity index (χ0n) is 13.8. The Bertz CT molecular complexity index is 933. The Morgan fingerprint density at radius 3 is 2.80 bits per heavy atom. The molecule has 1 aliphatic rings. The summed E-state index contributed by atoms with van der Waals surface area (Å²) >= 11 is 1.71. The second-order valence-corrected chi connectivity index (χ2v) is 6.37. The van der Waals surface area contributed by atoms with E-state index in [2.05, 4.69) is 15.3 Å². The zero-order valence-corrected chi connectivity index (χ0v) is 14.6. The van der Waals surface area contributed by atoms with Crippen LogP contribution in [0.1, 0.15) is 5.56 Å². The summed E-state index contributed by atoms with van der Waals surface area (Å²) in [5, 5.41) is 4.23. The van der Waals surface area contributed by atoms with E-state index >= 15 is 0 Å². The maximum absolute atomic E-state index is 5.33. The standard InChI is InChI=1S/C18H16N4O2S/c1-23-14-6-5-12(8-15(14)24-2)21-18-20-9-11-10-25-17-13(16(11)22-18)4-3-7-19-17/h3-9H,10H2,1-2H3,(H,20,21,22). The first-order chi connectivity index (χ1) is 12.3. The SMILES string of the molecule is COc1ccc(Nc2ncc3c(n2)-c2cccnc2SC3)cc1OC. The van der Waals surface area contributed by atoms with E-state index in [-0.39, 0.29) is 0 Å². The molecule has 0 saturated heterocycles. The van der Waals surface area contributed by atoms with Crippen LogP contribution < -0.4 is 14.8 Å². The van der Waals surface area contributed by atoms with E-state index in [0.717, 1.165) is 33.3 Å². The third-order valence-corrected chi connectivity index (χ3v) is 4.95. The van der Waals surface area contributed by atoms with Crippen molar-refractivity contribution >= 4 is 23.4 Å². The Labute approximate surface area is 149 Å². The van der Waals surface area contributed by atoms with Gasteiger partial charge in [-0.3, -0.25) is 0 Å². The molecule has 2 aromatic heterocycles. The van der Waals surface area contributed by atoms with Gasteiger partial charge in [0.2, 0.25) is 5.95 Å². The number of nitrogens with zero attached hydrogens (tertiary/aromatic N) is 3. The van der Waals surface area contributed by atoms with Crippen LogP contribution in [-0.2, 0) is 5.75 Å². The van der Waals surface area contributed by atoms with E-state index in [9.17, 15) is 0 Å². The molecule has 0 bridgehead atoms. The van der Waals surface area contributed by atoms with Crippen LogP contribution in [0.15, 0.2) is 47.8 Å². The molecule has 0 amide bonds. The highest BCUT2D eigenvalue weighted by Crippen LogP contribution is 2.39. The van der Waals surface area contributed by atoms with Crippen molar-refractivity contribution in [2.24, 2.45) is 0 Å². The first kappa shape index (κ1) is 15.7. The molecule has 7 heteroatoms. The van der Waals surface area contributed by atoms with Crippen LogP contribution >= 0.6 is 11.8 Å². The monoisotopic (exact) mass is 352 g/mol. The van der Waals surface area contributed by atoms with Crippen molar-refractivity contribution in [3.05, 3.63) is 48.3 Å². The minimum absolute atomic E-state index is 0.535. The molecule has 0 unspecified atom stereocenters. The van der Waals surface area contributed by atoms with Crippen molar-refractivity contribution in [3.8, 4) is 22.8 Å². The fourth-order valence-corrected chi connectivity index (χ4v) is 3.64. The summed E-state index contributed by atoms with van der Waals surface area (Å²) in [6.45, 7) is 0. The van der Waals surface area contributed by atoms with Gasteiger partial charge in [0, 0.05) is 41.0 Å². The summed E-state index contributed by atoms with van der Waals surface area (Å²) in [6, 6.07) is 9.57. The number of thioether (sulfide) groups is 1. The van der Waals surface area contributed by atoms with E-state index in [1.54, 1.807) is 32.2 Å². The Balaban J connectivity index is 1.67. The molecule has 0 aliphatic carbocycles. The number of methoxy groups -OCH3 is 2. The van der Waals surface area contributed by atoms with Gasteiger partial charge in [0.15, 0.2) is 11.5 Å². The summed E-state index contributed by atoms with van der Waals surface area (Å²) in [5.41, 5.74) is 3.92. The molecular weight excluding hydrogens is 336 g/mol. The predicted molar refractivity (Wildman–Crippen MR) is 97.7 cm³/mol. The van der Waals surface area contributed by atoms with Gasteiger partial charge in [-0.15, -0.1) is 11.8 Å². The second-order valence-electron chi connectivity index (χ2n) is 5.41. The summed E-state index contributed by atoms with van der Waals surface area (Å²) in [6.07, 6.45) is 3.68. The van der Waals surface area contributed by atoms with E-state index in [0.29, 0.717) is 17.4 Å². The molecule has 1 N–H and O–H groups in total. The Morgan fingerprint density at radius 2 is 1.96 bits per heavy atom. The molecule has 0 saturated carbocycles. The number of ether oxygens (including phenoxy) is 2. The number of benzene rings is 1. The van der Waals surface area contributed by atoms with Crippen molar-refractivity contribution in [1.29, 1.82) is 0 Å². The molecule has 3 heterocycles. The zero-order chi connectivity index (χ0) is 17.2. The van der Waals surface area contributed by atoms with E-state index in [4.69, 9.17) is 14.5 Å². The first-order valence-electron chi connectivity index (χ1n) is 7.71. The van der Waals surface area contributed by atoms with Crippen LogP contribution in [0.4, 0.5) is 11.6 Å². The lowest BCUT2D eigenvalue weighted by molar-refractivity contribution is 0.355. The van der Waals surface area contributed by atoms with Crippen LogP contribution in [0.25, 0.3) is 11.3 Å². The molecule has 0 fully saturated rings. The number of hydrogen-bond acceptors (Lipinski definition) is 7. The topological polar surface area (TPSA) is 69.2 Å². The number of pyridine rings is 1. The number of fused-ring (bicyclic) bond motifs is 3. The number of nitrogens with one attached hydrogen (secondary N) is 1. The highest BCUT2D eigenvalue weighted by atomic mass is 32.2. The minimum atomic E-state index is 0.535. The lowest BCUT2D eigenvalue weighted by Crippen LogP contribution is -2.05. The summed E-state index contributed by atoms with van der Waals surface area (Å²) < 4.78 is 10.6. The van der Waals surface area contributed by atoms with Crippen LogP contribution in [-0.4, -0.2) is 29.2 Å². The predicted octanol–water partition coefficient (Wildman–Crippen LogP) is 3.91. The molecule has 0 radical (unpaired) electrons. The van der Waals surface area contributed by atoms with Gasteiger partial charge in [0.25, 0.3) is 0 Å². The van der Waals surface area contributed by atoms with Gasteiger partial charge < -0.3 is 14.8 Å². The molecular formula is C18H16N4O2S. The van der Waals surface area contributed by atoms with Gasteiger partial charge in [-0.2, -0.15) is 0 Å². The lowest BCUT2D eigenvalue weighted by atomic mass is 10.1. The van der Waals surface area contributed by atoms with Gasteiger partial charge in [-0.25, -0.2) is 15.0 Å². The molecule has 25 heavy (non-hydrogen) atoms. The van der Waals surface area contributed by atoms with Gasteiger partial charge >= 0.3 is 0 Å². The van der Waals surface area contributed by atoms with Crippen LogP contribution in [0.3, 0.4) is 0 Å². The van der Waals surface area contributed by atoms with Crippen LogP contribution in [0.5, 0.6) is 11.5 Å². The Morgan fingerprint density at radius 1 is 1.08 bits per heavy atom. The molecule has 1 aliphatic heterocycles. The molecule has 126 valence electrons. The Kier molecular flexibility index (Phi) is 4.15. The fraction of sp³-hybridized carbons (Fsp3) is 0.167. The maximum atomic E-state index is 5.33. The number of rotatable bonds is 4. The third kappa shape index (κ3) is 2.98. The van der Waals surface area contributed by atoms with E-state index < -0.39 is 0 Å². The molecule has 6 nitrogen and oxygen atoms in total. The van der Waals surface area contributed by atoms with Crippen molar-refractivity contribution in [2.45, 2.75) is 10.8 Å². The lowest BCUT2D eigenvalue weighted by Gasteiger charge is -2.17. The first-order valence-corrected chi connectivity index (χ1v) is 8.70. The van der Waals surface area contributed by atoms with Gasteiger partial charge in [0.1, 0.15) is 5.03 Å². The van der Waals surface area contributed by atoms with Crippen molar-refractivity contribution in [3.63, 3.8) is 0 Å². The van der Waals surface area contributed by atoms with Crippen molar-refractivity contribution in [1.82, 2.24) is 15.0 Å². The molecule has 1 aromatic carbocycles.